The molecule has 1 aromatic carbocycles. The van der Waals surface area contributed by atoms with Crippen molar-refractivity contribution in [1.29, 1.82) is 0 Å². The fourth-order valence-electron chi connectivity index (χ4n) is 2.99. The van der Waals surface area contributed by atoms with Crippen LogP contribution in [0.3, 0.4) is 0 Å². The largest absolute Gasteiger partial charge is 0.464 e. The van der Waals surface area contributed by atoms with Gasteiger partial charge in [0.15, 0.2) is 0 Å². The van der Waals surface area contributed by atoms with E-state index in [1.165, 1.54) is 43.7 Å². The van der Waals surface area contributed by atoms with Gasteiger partial charge in [-0.2, -0.15) is 0 Å². The summed E-state index contributed by atoms with van der Waals surface area (Å²) in [5.74, 6) is 0.196. The number of ether oxygens (including phenoxy) is 1. The Balaban J connectivity index is 2.18. The average molecular weight is 255 g/mol. The summed E-state index contributed by atoms with van der Waals surface area (Å²) in [5, 5.41) is 1.17. The molecule has 1 saturated carbocycles. The van der Waals surface area contributed by atoms with Gasteiger partial charge < -0.3 is 4.74 Å². The molecule has 19 heavy (non-hydrogen) atoms. The molecule has 3 nitrogen and oxygen atoms in total. The topological polar surface area (TPSA) is 39.2 Å². The number of aromatic nitrogens is 1. The van der Waals surface area contributed by atoms with E-state index in [0.717, 1.165) is 5.52 Å². The lowest BCUT2D eigenvalue weighted by Gasteiger charge is -2.14. The number of esters is 1. The molecular weight excluding hydrogens is 238 g/mol. The van der Waals surface area contributed by atoms with Crippen molar-refractivity contribution in [3.63, 3.8) is 0 Å². The van der Waals surface area contributed by atoms with Gasteiger partial charge >= 0.3 is 5.97 Å². The minimum absolute atomic E-state index is 0.356. The predicted molar refractivity (Wildman–Crippen MR) is 74.3 cm³/mol. The summed E-state index contributed by atoms with van der Waals surface area (Å²) < 4.78 is 4.80. The molecule has 1 aliphatic rings. The number of para-hydroxylation sites is 1. The van der Waals surface area contributed by atoms with E-state index in [-0.39, 0.29) is 5.97 Å². The monoisotopic (exact) mass is 255 g/mol. The zero-order chi connectivity index (χ0) is 13.2. The van der Waals surface area contributed by atoms with Gasteiger partial charge in [0.1, 0.15) is 5.69 Å². The first-order chi connectivity index (χ1) is 9.29. The van der Waals surface area contributed by atoms with Crippen LogP contribution >= 0.6 is 0 Å². The number of benzene rings is 1. The van der Waals surface area contributed by atoms with Crippen LogP contribution in [-0.2, 0) is 4.74 Å². The first kappa shape index (κ1) is 12.2. The Morgan fingerprint density at radius 2 is 2.00 bits per heavy atom. The van der Waals surface area contributed by atoms with Crippen molar-refractivity contribution in [2.75, 3.05) is 7.11 Å². The zero-order valence-electron chi connectivity index (χ0n) is 11.1. The molecule has 0 bridgehead atoms. The summed E-state index contributed by atoms with van der Waals surface area (Å²) in [6.07, 6.45) is 4.95. The third-order valence-electron chi connectivity index (χ3n) is 3.94. The van der Waals surface area contributed by atoms with Gasteiger partial charge in [-0.1, -0.05) is 31.0 Å². The summed E-state index contributed by atoms with van der Waals surface area (Å²) in [7, 11) is 1.40. The lowest BCUT2D eigenvalue weighted by atomic mass is 9.93. The normalized spacial score (nSPS) is 15.8. The van der Waals surface area contributed by atoms with Gasteiger partial charge in [-0.3, -0.25) is 0 Å². The molecule has 1 aromatic heterocycles. The molecule has 2 aromatic rings. The molecule has 0 unspecified atom stereocenters. The van der Waals surface area contributed by atoms with Crippen LogP contribution in [0.4, 0.5) is 0 Å². The Bertz CT molecular complexity index is 615. The van der Waals surface area contributed by atoms with Gasteiger partial charge in [-0.15, -0.1) is 0 Å². The van der Waals surface area contributed by atoms with E-state index in [1.807, 2.05) is 24.3 Å². The van der Waals surface area contributed by atoms with E-state index >= 15 is 0 Å². The SMILES string of the molecule is COC(=O)c1cc(C2CCCC2)c2ccccc2n1. The third kappa shape index (κ3) is 2.21. The lowest BCUT2D eigenvalue weighted by Crippen LogP contribution is -2.07. The summed E-state index contributed by atoms with van der Waals surface area (Å²) in [4.78, 5) is 16.1. The molecule has 3 rings (SSSR count). The van der Waals surface area contributed by atoms with Crippen LogP contribution in [0.25, 0.3) is 10.9 Å². The van der Waals surface area contributed by atoms with Crippen LogP contribution < -0.4 is 0 Å². The highest BCUT2D eigenvalue weighted by atomic mass is 16.5. The van der Waals surface area contributed by atoms with E-state index in [9.17, 15) is 4.79 Å². The molecule has 1 heterocycles. The molecule has 0 aliphatic heterocycles. The van der Waals surface area contributed by atoms with Crippen LogP contribution in [0.15, 0.2) is 30.3 Å². The van der Waals surface area contributed by atoms with Gasteiger partial charge in [0.25, 0.3) is 0 Å². The first-order valence-corrected chi connectivity index (χ1v) is 6.77. The van der Waals surface area contributed by atoms with Gasteiger partial charge in [-0.05, 0) is 36.5 Å². The maximum Gasteiger partial charge on any atom is 0.356 e. The van der Waals surface area contributed by atoms with Crippen LogP contribution in [0.5, 0.6) is 0 Å². The van der Waals surface area contributed by atoms with Gasteiger partial charge in [0.05, 0.1) is 12.6 Å². The standard InChI is InChI=1S/C16H17NO2/c1-19-16(18)15-10-13(11-6-2-3-7-11)12-8-4-5-9-14(12)17-15/h4-5,8-11H,2-3,6-7H2,1H3. The van der Waals surface area contributed by atoms with Crippen molar-refractivity contribution < 1.29 is 9.53 Å². The molecule has 3 heteroatoms. The molecule has 0 saturated heterocycles. The van der Waals surface area contributed by atoms with E-state index < -0.39 is 0 Å². The van der Waals surface area contributed by atoms with Crippen molar-refractivity contribution in [2.24, 2.45) is 0 Å². The number of fused-ring (bicyclic) bond motifs is 1. The predicted octanol–water partition coefficient (Wildman–Crippen LogP) is 3.68. The second kappa shape index (κ2) is 5.00. The van der Waals surface area contributed by atoms with E-state index in [2.05, 4.69) is 11.1 Å². The van der Waals surface area contributed by atoms with Crippen LogP contribution in [0.2, 0.25) is 0 Å². The van der Waals surface area contributed by atoms with Crippen LogP contribution in [0, 0.1) is 0 Å². The Labute approximate surface area is 112 Å². The second-order valence-electron chi connectivity index (χ2n) is 5.09. The number of pyridine rings is 1. The number of methoxy groups -OCH3 is 1. The molecular formula is C16H17NO2. The molecule has 0 N–H and O–H groups in total. The minimum Gasteiger partial charge on any atom is -0.464 e. The maximum atomic E-state index is 11.7. The van der Waals surface area contributed by atoms with Crippen molar-refractivity contribution in [3.8, 4) is 0 Å². The Hall–Kier alpha value is -1.90. The highest BCUT2D eigenvalue weighted by Crippen LogP contribution is 2.37. The molecule has 0 spiro atoms. The van der Waals surface area contributed by atoms with Crippen LogP contribution in [-0.4, -0.2) is 18.1 Å². The average Bonchev–Trinajstić information content (AvgIpc) is 2.99. The molecule has 1 fully saturated rings. The minimum atomic E-state index is -0.356. The van der Waals surface area contributed by atoms with E-state index in [0.29, 0.717) is 11.6 Å². The van der Waals surface area contributed by atoms with Gasteiger partial charge in [-0.25, -0.2) is 9.78 Å². The zero-order valence-corrected chi connectivity index (χ0v) is 11.1. The van der Waals surface area contributed by atoms with Crippen molar-refractivity contribution in [1.82, 2.24) is 4.98 Å². The highest BCUT2D eigenvalue weighted by molar-refractivity contribution is 5.92. The quantitative estimate of drug-likeness (QED) is 0.768. The molecule has 98 valence electrons. The number of carbonyl (C=O) groups excluding carboxylic acids is 1. The first-order valence-electron chi connectivity index (χ1n) is 6.77. The fraction of sp³-hybridized carbons (Fsp3) is 0.375. The summed E-state index contributed by atoms with van der Waals surface area (Å²) in [6.45, 7) is 0. The Morgan fingerprint density at radius 1 is 1.26 bits per heavy atom. The summed E-state index contributed by atoms with van der Waals surface area (Å²) in [6, 6.07) is 9.95. The molecule has 0 radical (unpaired) electrons. The van der Waals surface area contributed by atoms with Crippen molar-refractivity contribution in [3.05, 3.63) is 41.6 Å². The number of carbonyl (C=O) groups is 1. The smallest absolute Gasteiger partial charge is 0.356 e. The molecule has 1 aliphatic carbocycles. The Morgan fingerprint density at radius 3 is 2.74 bits per heavy atom. The summed E-state index contributed by atoms with van der Waals surface area (Å²) in [5.41, 5.74) is 2.55. The number of nitrogens with zero attached hydrogens (tertiary/aromatic N) is 1. The number of rotatable bonds is 2. The molecule has 0 amide bonds. The lowest BCUT2D eigenvalue weighted by molar-refractivity contribution is 0.0594. The number of hydrogen-bond acceptors (Lipinski definition) is 3. The maximum absolute atomic E-state index is 11.7. The van der Waals surface area contributed by atoms with Crippen LogP contribution in [0.1, 0.15) is 47.7 Å². The van der Waals surface area contributed by atoms with Crippen molar-refractivity contribution in [2.45, 2.75) is 31.6 Å². The highest BCUT2D eigenvalue weighted by Gasteiger charge is 2.21. The van der Waals surface area contributed by atoms with Crippen molar-refractivity contribution >= 4 is 16.9 Å². The number of hydrogen-bond donors (Lipinski definition) is 0. The van der Waals surface area contributed by atoms with E-state index in [1.54, 1.807) is 0 Å². The third-order valence-corrected chi connectivity index (χ3v) is 3.94. The van der Waals surface area contributed by atoms with E-state index in [4.69, 9.17) is 4.74 Å². The van der Waals surface area contributed by atoms with Gasteiger partial charge in [0, 0.05) is 5.39 Å². The molecule has 0 atom stereocenters. The Kier molecular flexibility index (Phi) is 3.20. The fourth-order valence-corrected chi connectivity index (χ4v) is 2.99. The summed E-state index contributed by atoms with van der Waals surface area (Å²) >= 11 is 0. The van der Waals surface area contributed by atoms with Gasteiger partial charge in [0.2, 0.25) is 0 Å². The second-order valence-corrected chi connectivity index (χ2v) is 5.09.